The molecule has 0 bridgehead atoms. The van der Waals surface area contributed by atoms with Crippen molar-refractivity contribution < 1.29 is 4.79 Å². The molecule has 1 aromatic rings. The maximum Gasteiger partial charge on any atom is 0.244 e. The van der Waals surface area contributed by atoms with Crippen LogP contribution in [0.4, 0.5) is 11.8 Å². The summed E-state index contributed by atoms with van der Waals surface area (Å²) in [5.74, 6) is 1.29. The van der Waals surface area contributed by atoms with Gasteiger partial charge in [0.1, 0.15) is 11.9 Å². The highest BCUT2D eigenvalue weighted by atomic mass is 16.2. The predicted octanol–water partition coefficient (Wildman–Crippen LogP) is 1.58. The van der Waals surface area contributed by atoms with E-state index in [1.54, 1.807) is 17.2 Å². The Hall–Kier alpha value is -1.85. The van der Waals surface area contributed by atoms with Crippen molar-refractivity contribution in [2.75, 3.05) is 30.3 Å². The number of hydrogen-bond donors (Lipinski definition) is 2. The van der Waals surface area contributed by atoms with Gasteiger partial charge in [-0.05, 0) is 33.8 Å². The van der Waals surface area contributed by atoms with Gasteiger partial charge in [0.15, 0.2) is 0 Å². The zero-order valence-corrected chi connectivity index (χ0v) is 12.1. The number of nitrogens with zero attached hydrogens (tertiary/aromatic N) is 3. The van der Waals surface area contributed by atoms with Crippen LogP contribution in [-0.2, 0) is 4.79 Å². The van der Waals surface area contributed by atoms with E-state index in [4.69, 9.17) is 0 Å². The summed E-state index contributed by atoms with van der Waals surface area (Å²) < 4.78 is 0. The number of amides is 1. The third-order valence-corrected chi connectivity index (χ3v) is 2.80. The van der Waals surface area contributed by atoms with Crippen molar-refractivity contribution in [3.63, 3.8) is 0 Å². The van der Waals surface area contributed by atoms with Crippen molar-refractivity contribution in [2.24, 2.45) is 0 Å². The van der Waals surface area contributed by atoms with Crippen molar-refractivity contribution in [3.8, 4) is 0 Å². The fraction of sp³-hybridized carbons (Fsp3) is 0.615. The molecule has 106 valence electrons. The minimum Gasteiger partial charge on any atom is -0.358 e. The lowest BCUT2D eigenvalue weighted by Crippen LogP contribution is -2.41. The van der Waals surface area contributed by atoms with Crippen LogP contribution in [0.5, 0.6) is 0 Å². The van der Waals surface area contributed by atoms with Crippen LogP contribution in [0, 0.1) is 0 Å². The topological polar surface area (TPSA) is 70.2 Å². The van der Waals surface area contributed by atoms with Crippen LogP contribution in [-0.4, -0.2) is 46.5 Å². The Labute approximate surface area is 114 Å². The molecule has 0 radical (unpaired) electrons. The van der Waals surface area contributed by atoms with Crippen molar-refractivity contribution in [1.82, 2.24) is 14.9 Å². The Morgan fingerprint density at radius 1 is 1.37 bits per heavy atom. The second-order valence-electron chi connectivity index (χ2n) is 4.17. The van der Waals surface area contributed by atoms with Crippen LogP contribution < -0.4 is 10.6 Å². The third-order valence-electron chi connectivity index (χ3n) is 2.80. The number of rotatable bonds is 7. The second-order valence-corrected chi connectivity index (χ2v) is 4.17. The Morgan fingerprint density at radius 3 is 2.63 bits per heavy atom. The molecule has 0 saturated heterocycles. The van der Waals surface area contributed by atoms with Gasteiger partial charge in [-0.1, -0.05) is 0 Å². The number of nitrogens with one attached hydrogen (secondary N) is 2. The Balaban J connectivity index is 2.68. The average molecular weight is 265 g/mol. The van der Waals surface area contributed by atoms with E-state index in [9.17, 15) is 4.79 Å². The summed E-state index contributed by atoms with van der Waals surface area (Å²) in [6, 6.07) is 1.46. The highest BCUT2D eigenvalue weighted by Crippen LogP contribution is 2.08. The lowest BCUT2D eigenvalue weighted by atomic mass is 10.2. The molecule has 0 aliphatic carbocycles. The molecule has 1 atom stereocenters. The highest BCUT2D eigenvalue weighted by Gasteiger charge is 2.18. The van der Waals surface area contributed by atoms with Crippen LogP contribution in [0.15, 0.2) is 12.3 Å². The SMILES string of the molecule is CCNc1nccc(NC(C)C(=O)N(CC)CC)n1. The van der Waals surface area contributed by atoms with E-state index in [0.29, 0.717) is 24.9 Å². The lowest BCUT2D eigenvalue weighted by molar-refractivity contribution is -0.131. The molecule has 1 rings (SSSR count). The second kappa shape index (κ2) is 7.56. The molecule has 6 heteroatoms. The molecule has 0 spiro atoms. The van der Waals surface area contributed by atoms with Crippen molar-refractivity contribution in [3.05, 3.63) is 12.3 Å². The molecule has 0 aromatic carbocycles. The van der Waals surface area contributed by atoms with E-state index in [-0.39, 0.29) is 11.9 Å². The van der Waals surface area contributed by atoms with Gasteiger partial charge in [-0.15, -0.1) is 0 Å². The van der Waals surface area contributed by atoms with Gasteiger partial charge >= 0.3 is 0 Å². The van der Waals surface area contributed by atoms with Crippen molar-refractivity contribution >= 4 is 17.7 Å². The Morgan fingerprint density at radius 2 is 2.05 bits per heavy atom. The van der Waals surface area contributed by atoms with E-state index in [0.717, 1.165) is 6.54 Å². The molecular weight excluding hydrogens is 242 g/mol. The smallest absolute Gasteiger partial charge is 0.244 e. The molecule has 19 heavy (non-hydrogen) atoms. The molecular formula is C13H23N5O. The maximum atomic E-state index is 12.1. The molecule has 0 fully saturated rings. The first-order chi connectivity index (χ1) is 9.12. The molecule has 1 heterocycles. The number of carbonyl (C=O) groups is 1. The molecule has 2 N–H and O–H groups in total. The minimum absolute atomic E-state index is 0.0774. The van der Waals surface area contributed by atoms with Crippen LogP contribution in [0.25, 0.3) is 0 Å². The van der Waals surface area contributed by atoms with Crippen LogP contribution in [0.3, 0.4) is 0 Å². The Bertz CT molecular complexity index is 406. The number of anilines is 2. The van der Waals surface area contributed by atoms with E-state index >= 15 is 0 Å². The van der Waals surface area contributed by atoms with E-state index in [2.05, 4.69) is 20.6 Å². The molecule has 0 aliphatic rings. The summed E-state index contributed by atoms with van der Waals surface area (Å²) >= 11 is 0. The lowest BCUT2D eigenvalue weighted by Gasteiger charge is -2.23. The number of likely N-dealkylation sites (N-methyl/N-ethyl adjacent to an activating group) is 1. The summed E-state index contributed by atoms with van der Waals surface area (Å²) in [5.41, 5.74) is 0. The quantitative estimate of drug-likeness (QED) is 0.783. The van der Waals surface area contributed by atoms with Gasteiger partial charge in [0.2, 0.25) is 11.9 Å². The van der Waals surface area contributed by atoms with Crippen LogP contribution in [0.2, 0.25) is 0 Å². The number of hydrogen-bond acceptors (Lipinski definition) is 5. The monoisotopic (exact) mass is 265 g/mol. The zero-order valence-electron chi connectivity index (χ0n) is 12.1. The molecule has 1 aromatic heterocycles. The summed E-state index contributed by atoms with van der Waals surface area (Å²) in [7, 11) is 0. The van der Waals surface area contributed by atoms with E-state index in [1.807, 2.05) is 27.7 Å². The van der Waals surface area contributed by atoms with Gasteiger partial charge in [-0.3, -0.25) is 4.79 Å². The highest BCUT2D eigenvalue weighted by molar-refractivity contribution is 5.84. The zero-order chi connectivity index (χ0) is 14.3. The summed E-state index contributed by atoms with van der Waals surface area (Å²) in [6.07, 6.45) is 1.67. The first-order valence-electron chi connectivity index (χ1n) is 6.74. The average Bonchev–Trinajstić information content (AvgIpc) is 2.40. The standard InChI is InChI=1S/C13H23N5O/c1-5-14-13-15-9-8-11(17-13)16-10(4)12(19)18(6-2)7-3/h8-10H,5-7H2,1-4H3,(H2,14,15,16,17). The van der Waals surface area contributed by atoms with Gasteiger partial charge < -0.3 is 15.5 Å². The van der Waals surface area contributed by atoms with Gasteiger partial charge in [0.25, 0.3) is 0 Å². The van der Waals surface area contributed by atoms with Crippen LogP contribution in [0.1, 0.15) is 27.7 Å². The predicted molar refractivity (Wildman–Crippen MR) is 77.2 cm³/mol. The third kappa shape index (κ3) is 4.39. The van der Waals surface area contributed by atoms with Gasteiger partial charge in [0, 0.05) is 25.8 Å². The minimum atomic E-state index is -0.302. The Kier molecular flexibility index (Phi) is 6.05. The van der Waals surface area contributed by atoms with E-state index in [1.165, 1.54) is 0 Å². The number of carbonyl (C=O) groups excluding carboxylic acids is 1. The van der Waals surface area contributed by atoms with Gasteiger partial charge in [-0.2, -0.15) is 4.98 Å². The van der Waals surface area contributed by atoms with Crippen LogP contribution >= 0.6 is 0 Å². The van der Waals surface area contributed by atoms with Crippen molar-refractivity contribution in [2.45, 2.75) is 33.7 Å². The molecule has 0 saturated carbocycles. The first-order valence-corrected chi connectivity index (χ1v) is 6.74. The largest absolute Gasteiger partial charge is 0.358 e. The van der Waals surface area contributed by atoms with Gasteiger partial charge in [-0.25, -0.2) is 4.98 Å². The normalized spacial score (nSPS) is 11.8. The molecule has 0 aliphatic heterocycles. The summed E-state index contributed by atoms with van der Waals surface area (Å²) in [6.45, 7) is 9.97. The summed E-state index contributed by atoms with van der Waals surface area (Å²) in [4.78, 5) is 22.3. The maximum absolute atomic E-state index is 12.1. The fourth-order valence-corrected chi connectivity index (χ4v) is 1.78. The van der Waals surface area contributed by atoms with Crippen molar-refractivity contribution in [1.29, 1.82) is 0 Å². The van der Waals surface area contributed by atoms with Gasteiger partial charge in [0.05, 0.1) is 0 Å². The molecule has 6 nitrogen and oxygen atoms in total. The molecule has 1 unspecified atom stereocenters. The van der Waals surface area contributed by atoms with E-state index < -0.39 is 0 Å². The first kappa shape index (κ1) is 15.2. The fourth-order valence-electron chi connectivity index (χ4n) is 1.78. The summed E-state index contributed by atoms with van der Waals surface area (Å²) in [5, 5.41) is 6.15. The number of aromatic nitrogens is 2. The molecule has 1 amide bonds.